The van der Waals surface area contributed by atoms with Crippen LogP contribution in [0.25, 0.3) is 0 Å². The molecule has 8 heteroatoms. The van der Waals surface area contributed by atoms with Crippen LogP contribution in [0.4, 0.5) is 0 Å². The van der Waals surface area contributed by atoms with Gasteiger partial charge in [-0.05, 0) is 44.4 Å². The molecule has 1 atom stereocenters. The molecule has 1 aliphatic carbocycles. The Kier molecular flexibility index (Phi) is 8.84. The van der Waals surface area contributed by atoms with E-state index in [2.05, 4.69) is 22.1 Å². The predicted molar refractivity (Wildman–Crippen MR) is 126 cm³/mol. The van der Waals surface area contributed by atoms with Crippen molar-refractivity contribution in [2.24, 2.45) is 0 Å². The quantitative estimate of drug-likeness (QED) is 0.303. The maximum Gasteiger partial charge on any atom is 0.230 e. The fourth-order valence-corrected chi connectivity index (χ4v) is 4.70. The van der Waals surface area contributed by atoms with Gasteiger partial charge in [0.1, 0.15) is 5.75 Å². The Bertz CT molecular complexity index is 894. The summed E-state index contributed by atoms with van der Waals surface area (Å²) in [5, 5.41) is 13.0. The summed E-state index contributed by atoms with van der Waals surface area (Å²) in [6.45, 7) is 8.27. The fourth-order valence-electron chi connectivity index (χ4n) is 3.78. The standard InChI is InChI=1S/C23H31ClN4O2S/c1-4-13-28-22(17(3)30-20-14-16(2)11-12-19(20)24)26-27-23(28)31-15-21(29)25-18-9-7-5-6-8-10-18/h4,11-12,14,17-18H,1,5-10,13,15H2,2-3H3,(H,25,29). The smallest absolute Gasteiger partial charge is 0.230 e. The lowest BCUT2D eigenvalue weighted by Crippen LogP contribution is -2.35. The highest BCUT2D eigenvalue weighted by Crippen LogP contribution is 2.30. The minimum atomic E-state index is -0.360. The molecule has 0 radical (unpaired) electrons. The monoisotopic (exact) mass is 462 g/mol. The van der Waals surface area contributed by atoms with Gasteiger partial charge in [0.05, 0.1) is 10.8 Å². The maximum absolute atomic E-state index is 12.5. The average Bonchev–Trinajstić information content (AvgIpc) is 2.96. The summed E-state index contributed by atoms with van der Waals surface area (Å²) in [5.41, 5.74) is 1.06. The number of ether oxygens (including phenoxy) is 1. The van der Waals surface area contributed by atoms with E-state index in [9.17, 15) is 4.79 Å². The zero-order valence-electron chi connectivity index (χ0n) is 18.3. The summed E-state index contributed by atoms with van der Waals surface area (Å²) >= 11 is 7.66. The average molecular weight is 463 g/mol. The summed E-state index contributed by atoms with van der Waals surface area (Å²) in [7, 11) is 0. The van der Waals surface area contributed by atoms with Crippen LogP contribution in [0.5, 0.6) is 5.75 Å². The molecule has 6 nitrogen and oxygen atoms in total. The van der Waals surface area contributed by atoms with E-state index in [0.717, 1.165) is 18.4 Å². The third kappa shape index (κ3) is 6.74. The molecule has 31 heavy (non-hydrogen) atoms. The highest BCUT2D eigenvalue weighted by atomic mass is 35.5. The largest absolute Gasteiger partial charge is 0.481 e. The van der Waals surface area contributed by atoms with Crippen LogP contribution in [0.15, 0.2) is 36.0 Å². The first-order valence-electron chi connectivity index (χ1n) is 10.9. The zero-order valence-corrected chi connectivity index (χ0v) is 19.8. The van der Waals surface area contributed by atoms with Crippen LogP contribution in [-0.2, 0) is 11.3 Å². The van der Waals surface area contributed by atoms with Crippen molar-refractivity contribution in [3.63, 3.8) is 0 Å². The normalized spacial score (nSPS) is 15.8. The van der Waals surface area contributed by atoms with E-state index in [1.165, 1.54) is 37.4 Å². The van der Waals surface area contributed by atoms with Crippen molar-refractivity contribution < 1.29 is 9.53 Å². The van der Waals surface area contributed by atoms with Gasteiger partial charge in [-0.1, -0.05) is 61.2 Å². The molecular weight excluding hydrogens is 432 g/mol. The van der Waals surface area contributed by atoms with E-state index in [-0.39, 0.29) is 12.0 Å². The van der Waals surface area contributed by atoms with Crippen molar-refractivity contribution in [3.8, 4) is 5.75 Å². The number of aromatic nitrogens is 3. The lowest BCUT2D eigenvalue weighted by Gasteiger charge is -2.17. The number of hydrogen-bond acceptors (Lipinski definition) is 5. The fraction of sp³-hybridized carbons (Fsp3) is 0.522. The van der Waals surface area contributed by atoms with E-state index in [1.54, 1.807) is 6.08 Å². The molecule has 1 unspecified atom stereocenters. The lowest BCUT2D eigenvalue weighted by molar-refractivity contribution is -0.119. The number of nitrogens with zero attached hydrogens (tertiary/aromatic N) is 3. The van der Waals surface area contributed by atoms with Crippen LogP contribution in [0.2, 0.25) is 5.02 Å². The van der Waals surface area contributed by atoms with E-state index < -0.39 is 0 Å². The molecule has 0 saturated heterocycles. The Hall–Kier alpha value is -1.99. The highest BCUT2D eigenvalue weighted by Gasteiger charge is 2.21. The molecule has 0 bridgehead atoms. The van der Waals surface area contributed by atoms with Crippen molar-refractivity contribution in [1.82, 2.24) is 20.1 Å². The Balaban J connectivity index is 1.64. The molecule has 1 fully saturated rings. The molecule has 1 saturated carbocycles. The number of thioether (sulfide) groups is 1. The predicted octanol–water partition coefficient (Wildman–Crippen LogP) is 5.50. The van der Waals surface area contributed by atoms with E-state index in [4.69, 9.17) is 16.3 Å². The molecule has 168 valence electrons. The molecule has 1 aliphatic rings. The van der Waals surface area contributed by atoms with Crippen LogP contribution < -0.4 is 10.1 Å². The van der Waals surface area contributed by atoms with E-state index in [1.807, 2.05) is 36.6 Å². The number of halogens is 1. The van der Waals surface area contributed by atoms with Gasteiger partial charge >= 0.3 is 0 Å². The number of nitrogens with one attached hydrogen (secondary N) is 1. The first-order chi connectivity index (χ1) is 15.0. The third-order valence-electron chi connectivity index (χ3n) is 5.36. The lowest BCUT2D eigenvalue weighted by atomic mass is 10.1. The number of benzene rings is 1. The second-order valence-corrected chi connectivity index (χ2v) is 9.33. The molecule has 0 spiro atoms. The minimum absolute atomic E-state index is 0.0439. The van der Waals surface area contributed by atoms with Gasteiger partial charge < -0.3 is 10.1 Å². The molecule has 1 aromatic heterocycles. The third-order valence-corrected chi connectivity index (χ3v) is 6.64. The van der Waals surface area contributed by atoms with Crippen LogP contribution in [0, 0.1) is 6.92 Å². The van der Waals surface area contributed by atoms with Gasteiger partial charge in [-0.2, -0.15) is 0 Å². The summed E-state index contributed by atoms with van der Waals surface area (Å²) in [4.78, 5) is 12.5. The van der Waals surface area contributed by atoms with Crippen molar-refractivity contribution in [2.45, 2.75) is 76.2 Å². The van der Waals surface area contributed by atoms with Gasteiger partial charge in [-0.3, -0.25) is 9.36 Å². The van der Waals surface area contributed by atoms with Crippen LogP contribution in [0.3, 0.4) is 0 Å². The molecule has 1 heterocycles. The van der Waals surface area contributed by atoms with Crippen molar-refractivity contribution in [2.75, 3.05) is 5.75 Å². The number of carbonyl (C=O) groups is 1. The number of amides is 1. The molecule has 1 aromatic carbocycles. The number of carbonyl (C=O) groups excluding carboxylic acids is 1. The van der Waals surface area contributed by atoms with Gasteiger partial charge in [0.2, 0.25) is 5.91 Å². The van der Waals surface area contributed by atoms with Gasteiger partial charge in [-0.15, -0.1) is 16.8 Å². The second-order valence-electron chi connectivity index (χ2n) is 7.98. The molecule has 1 amide bonds. The number of aryl methyl sites for hydroxylation is 1. The highest BCUT2D eigenvalue weighted by molar-refractivity contribution is 7.99. The van der Waals surface area contributed by atoms with Gasteiger partial charge in [0.15, 0.2) is 17.1 Å². The summed E-state index contributed by atoms with van der Waals surface area (Å²) < 4.78 is 8.01. The Morgan fingerprint density at radius 3 is 2.81 bits per heavy atom. The molecule has 0 aliphatic heterocycles. The van der Waals surface area contributed by atoms with Gasteiger partial charge in [0, 0.05) is 12.6 Å². The Morgan fingerprint density at radius 1 is 1.35 bits per heavy atom. The SMILES string of the molecule is C=CCn1c(SCC(=O)NC2CCCCCC2)nnc1C(C)Oc1cc(C)ccc1Cl. The number of hydrogen-bond donors (Lipinski definition) is 1. The van der Waals surface area contributed by atoms with Crippen LogP contribution >= 0.6 is 23.4 Å². The minimum Gasteiger partial charge on any atom is -0.481 e. The maximum atomic E-state index is 12.5. The van der Waals surface area contributed by atoms with Crippen molar-refractivity contribution in [1.29, 1.82) is 0 Å². The number of rotatable bonds is 9. The first kappa shape index (κ1) is 23.7. The number of allylic oxidation sites excluding steroid dienone is 1. The molecular formula is C23H31ClN4O2S. The Labute approximate surface area is 193 Å². The van der Waals surface area contributed by atoms with Crippen LogP contribution in [0.1, 0.15) is 62.9 Å². The Morgan fingerprint density at radius 2 is 2.10 bits per heavy atom. The van der Waals surface area contributed by atoms with E-state index >= 15 is 0 Å². The molecule has 1 N–H and O–H groups in total. The van der Waals surface area contributed by atoms with Gasteiger partial charge in [-0.25, -0.2) is 0 Å². The molecule has 2 aromatic rings. The van der Waals surface area contributed by atoms with E-state index in [0.29, 0.717) is 40.1 Å². The topological polar surface area (TPSA) is 69.0 Å². The first-order valence-corrected chi connectivity index (χ1v) is 12.2. The molecule has 3 rings (SSSR count). The second kappa shape index (κ2) is 11.6. The summed E-state index contributed by atoms with van der Waals surface area (Å²) in [6.07, 6.45) is 8.49. The zero-order chi connectivity index (χ0) is 22.2. The van der Waals surface area contributed by atoms with Gasteiger partial charge in [0.25, 0.3) is 0 Å². The summed E-state index contributed by atoms with van der Waals surface area (Å²) in [6, 6.07) is 5.96. The van der Waals surface area contributed by atoms with Crippen molar-refractivity contribution in [3.05, 3.63) is 47.3 Å². The van der Waals surface area contributed by atoms with Crippen molar-refractivity contribution >= 4 is 29.3 Å². The van der Waals surface area contributed by atoms with Crippen LogP contribution in [-0.4, -0.2) is 32.5 Å². The summed E-state index contributed by atoms with van der Waals surface area (Å²) in [5.74, 6) is 1.64.